The topological polar surface area (TPSA) is 113 Å². The summed E-state index contributed by atoms with van der Waals surface area (Å²) in [6.45, 7) is -0.300. The molecule has 2 amide bonds. The van der Waals surface area contributed by atoms with Gasteiger partial charge in [0.2, 0.25) is 0 Å². The summed E-state index contributed by atoms with van der Waals surface area (Å²) in [4.78, 5) is 24.9. The quantitative estimate of drug-likeness (QED) is 0.469. The Balaban J connectivity index is 1.35. The molecule has 1 unspecified atom stereocenters. The van der Waals surface area contributed by atoms with Crippen molar-refractivity contribution in [1.29, 1.82) is 0 Å². The number of aromatic nitrogens is 1. The van der Waals surface area contributed by atoms with E-state index in [0.717, 1.165) is 10.9 Å². The second-order valence-corrected chi connectivity index (χ2v) is 7.83. The minimum absolute atomic E-state index is 0.0260. The fourth-order valence-corrected chi connectivity index (χ4v) is 3.84. The van der Waals surface area contributed by atoms with E-state index in [1.165, 1.54) is 0 Å². The van der Waals surface area contributed by atoms with E-state index in [1.807, 2.05) is 35.9 Å². The molecule has 3 aromatic rings. The molecule has 1 aliphatic rings. The van der Waals surface area contributed by atoms with Crippen LogP contribution in [0.4, 0.5) is 0 Å². The number of carbonyl (C=O) groups is 2. The summed E-state index contributed by atoms with van der Waals surface area (Å²) in [5, 5.41) is 27.5. The van der Waals surface area contributed by atoms with Crippen molar-refractivity contribution in [3.8, 4) is 0 Å². The number of hydrogen-bond acceptors (Lipinski definition) is 5. The molecule has 1 saturated heterocycles. The number of hydrogen-bond donors (Lipinski definition) is 4. The van der Waals surface area contributed by atoms with Crippen LogP contribution in [0.1, 0.15) is 20.7 Å². The number of para-hydroxylation sites is 1. The van der Waals surface area contributed by atoms with Gasteiger partial charge in [0.05, 0.1) is 18.7 Å². The second-order valence-electron chi connectivity index (χ2n) is 7.83. The highest BCUT2D eigenvalue weighted by Gasteiger charge is 2.48. The molecular weight excluding hydrogens is 398 g/mol. The molecule has 0 bridgehead atoms. The molecule has 8 nitrogen and oxygen atoms in total. The first-order valence-corrected chi connectivity index (χ1v) is 10.1. The molecule has 3 atom stereocenters. The Kier molecular flexibility index (Phi) is 5.77. The number of aliphatic hydroxyl groups is 2. The summed E-state index contributed by atoms with van der Waals surface area (Å²) in [6, 6.07) is 16.2. The highest BCUT2D eigenvalue weighted by atomic mass is 16.5. The van der Waals surface area contributed by atoms with Crippen molar-refractivity contribution in [2.45, 2.75) is 17.8 Å². The molecule has 1 fully saturated rings. The molecule has 31 heavy (non-hydrogen) atoms. The third kappa shape index (κ3) is 4.18. The zero-order valence-electron chi connectivity index (χ0n) is 17.1. The Morgan fingerprint density at radius 3 is 2.58 bits per heavy atom. The van der Waals surface area contributed by atoms with Gasteiger partial charge in [-0.1, -0.05) is 36.4 Å². The Morgan fingerprint density at radius 2 is 1.81 bits per heavy atom. The van der Waals surface area contributed by atoms with Gasteiger partial charge in [-0.2, -0.15) is 0 Å². The minimum atomic E-state index is -1.64. The Hall–Kier alpha value is -3.20. The van der Waals surface area contributed by atoms with Crippen LogP contribution in [0.2, 0.25) is 0 Å². The van der Waals surface area contributed by atoms with Gasteiger partial charge in [-0.3, -0.25) is 9.59 Å². The van der Waals surface area contributed by atoms with Crippen LogP contribution < -0.4 is 10.6 Å². The summed E-state index contributed by atoms with van der Waals surface area (Å²) in [5.74, 6) is -0.644. The van der Waals surface area contributed by atoms with Crippen LogP contribution in [0.5, 0.6) is 0 Å². The SMILES string of the molecule is Cn1cc(C(=O)NCC2OC[C@@](O)(CNC(=O)c3ccccc3)[C@@H]2O)c2ccccc21. The summed E-state index contributed by atoms with van der Waals surface area (Å²) in [6.07, 6.45) is -0.310. The van der Waals surface area contributed by atoms with Crippen LogP contribution in [-0.2, 0) is 11.8 Å². The highest BCUT2D eigenvalue weighted by molar-refractivity contribution is 6.07. The maximum atomic E-state index is 12.7. The Morgan fingerprint density at radius 1 is 1.10 bits per heavy atom. The lowest BCUT2D eigenvalue weighted by Crippen LogP contribution is -2.53. The summed E-state index contributed by atoms with van der Waals surface area (Å²) < 4.78 is 7.40. The molecule has 4 rings (SSSR count). The van der Waals surface area contributed by atoms with Crippen molar-refractivity contribution in [3.63, 3.8) is 0 Å². The van der Waals surface area contributed by atoms with Gasteiger partial charge in [0, 0.05) is 36.3 Å². The van der Waals surface area contributed by atoms with Gasteiger partial charge in [-0.25, -0.2) is 0 Å². The molecule has 8 heteroatoms. The second kappa shape index (κ2) is 8.50. The van der Waals surface area contributed by atoms with E-state index >= 15 is 0 Å². The minimum Gasteiger partial charge on any atom is -0.387 e. The molecule has 4 N–H and O–H groups in total. The lowest BCUT2D eigenvalue weighted by molar-refractivity contribution is -0.0464. The predicted molar refractivity (Wildman–Crippen MR) is 115 cm³/mol. The van der Waals surface area contributed by atoms with Gasteiger partial charge in [0.15, 0.2) is 0 Å². The van der Waals surface area contributed by atoms with Gasteiger partial charge < -0.3 is 30.2 Å². The summed E-state index contributed by atoms with van der Waals surface area (Å²) in [5.41, 5.74) is 0.280. The first-order chi connectivity index (χ1) is 14.9. The van der Waals surface area contributed by atoms with Gasteiger partial charge in [-0.15, -0.1) is 0 Å². The van der Waals surface area contributed by atoms with E-state index in [1.54, 1.807) is 36.5 Å². The smallest absolute Gasteiger partial charge is 0.253 e. The maximum absolute atomic E-state index is 12.7. The van der Waals surface area contributed by atoms with Crippen molar-refractivity contribution >= 4 is 22.7 Å². The van der Waals surface area contributed by atoms with E-state index in [4.69, 9.17) is 4.74 Å². The Labute approximate surface area is 179 Å². The third-order valence-electron chi connectivity index (χ3n) is 5.65. The molecule has 1 aromatic heterocycles. The summed E-state index contributed by atoms with van der Waals surface area (Å²) >= 11 is 0. The molecule has 2 heterocycles. The average Bonchev–Trinajstić information content (AvgIpc) is 3.28. The molecule has 0 aliphatic carbocycles. The zero-order valence-corrected chi connectivity index (χ0v) is 17.1. The van der Waals surface area contributed by atoms with Crippen molar-refractivity contribution in [2.75, 3.05) is 19.7 Å². The van der Waals surface area contributed by atoms with Gasteiger partial charge in [0.25, 0.3) is 11.8 Å². The fourth-order valence-electron chi connectivity index (χ4n) is 3.84. The highest BCUT2D eigenvalue weighted by Crippen LogP contribution is 2.25. The normalized spacial score (nSPS) is 23.1. The first kappa shape index (κ1) is 21.0. The van der Waals surface area contributed by atoms with Gasteiger partial charge in [-0.05, 0) is 18.2 Å². The van der Waals surface area contributed by atoms with Crippen molar-refractivity contribution in [3.05, 3.63) is 71.9 Å². The van der Waals surface area contributed by atoms with E-state index in [2.05, 4.69) is 10.6 Å². The lowest BCUT2D eigenvalue weighted by atomic mass is 9.96. The molecule has 0 radical (unpaired) electrons. The molecule has 162 valence electrons. The van der Waals surface area contributed by atoms with Crippen LogP contribution in [0.25, 0.3) is 10.9 Å². The number of nitrogens with zero attached hydrogens (tertiary/aromatic N) is 1. The van der Waals surface area contributed by atoms with Crippen molar-refractivity contribution in [2.24, 2.45) is 7.05 Å². The van der Waals surface area contributed by atoms with Gasteiger partial charge >= 0.3 is 0 Å². The van der Waals surface area contributed by atoms with Crippen molar-refractivity contribution < 1.29 is 24.5 Å². The molecule has 1 aliphatic heterocycles. The number of aryl methyl sites for hydroxylation is 1. The number of amides is 2. The van der Waals surface area contributed by atoms with Gasteiger partial charge in [0.1, 0.15) is 17.8 Å². The largest absolute Gasteiger partial charge is 0.387 e. The molecule has 0 saturated carbocycles. The number of fused-ring (bicyclic) bond motifs is 1. The number of rotatable bonds is 6. The monoisotopic (exact) mass is 423 g/mol. The van der Waals surface area contributed by atoms with Crippen LogP contribution in [0, 0.1) is 0 Å². The maximum Gasteiger partial charge on any atom is 0.253 e. The lowest BCUT2D eigenvalue weighted by Gasteiger charge is -2.26. The molecular formula is C23H25N3O5. The number of nitrogens with one attached hydrogen (secondary N) is 2. The number of benzene rings is 2. The molecule has 2 aromatic carbocycles. The van der Waals surface area contributed by atoms with Crippen LogP contribution in [0.3, 0.4) is 0 Å². The van der Waals surface area contributed by atoms with E-state index in [0.29, 0.717) is 11.1 Å². The van der Waals surface area contributed by atoms with E-state index in [9.17, 15) is 19.8 Å². The van der Waals surface area contributed by atoms with E-state index in [-0.39, 0.29) is 31.5 Å². The number of carbonyl (C=O) groups excluding carboxylic acids is 2. The average molecular weight is 423 g/mol. The zero-order chi connectivity index (χ0) is 22.0. The summed E-state index contributed by atoms with van der Waals surface area (Å²) in [7, 11) is 1.87. The van der Waals surface area contributed by atoms with Crippen LogP contribution in [0.15, 0.2) is 60.8 Å². The fraction of sp³-hybridized carbons (Fsp3) is 0.304. The van der Waals surface area contributed by atoms with E-state index < -0.39 is 17.8 Å². The third-order valence-corrected chi connectivity index (χ3v) is 5.65. The number of ether oxygens (including phenoxy) is 1. The van der Waals surface area contributed by atoms with Crippen LogP contribution in [-0.4, -0.2) is 64.1 Å². The predicted octanol–water partition coefficient (Wildman–Crippen LogP) is 0.829. The van der Waals surface area contributed by atoms with Crippen molar-refractivity contribution in [1.82, 2.24) is 15.2 Å². The first-order valence-electron chi connectivity index (χ1n) is 10.1. The number of aliphatic hydroxyl groups excluding tert-OH is 1. The van der Waals surface area contributed by atoms with Crippen LogP contribution >= 0.6 is 0 Å². The Bertz CT molecular complexity index is 1100. The molecule has 0 spiro atoms. The standard InChI is InChI=1S/C23H25N3O5/c1-26-12-17(16-9-5-6-10-18(16)26)22(29)24-11-19-20(27)23(30,14-31-19)13-25-21(28)15-7-3-2-4-8-15/h2-10,12,19-20,27,30H,11,13-14H2,1H3,(H,24,29)(H,25,28)/t19?,20-,23+/m1/s1.